The molecule has 1 atom stereocenters. The maximum atomic E-state index is 13.1. The Hall–Kier alpha value is -2.70. The summed E-state index contributed by atoms with van der Waals surface area (Å²) in [5, 5.41) is 3.44. The molecular weight excluding hydrogens is 420 g/mol. The molecule has 2 aliphatic rings. The molecule has 2 aromatic carbocycles. The summed E-state index contributed by atoms with van der Waals surface area (Å²) in [6, 6.07) is 21.6. The zero-order valence-electron chi connectivity index (χ0n) is 18.0. The van der Waals surface area contributed by atoms with E-state index in [2.05, 4.69) is 22.4 Å². The van der Waals surface area contributed by atoms with E-state index in [0.29, 0.717) is 5.69 Å². The van der Waals surface area contributed by atoms with Gasteiger partial charge < -0.3 is 10.1 Å². The van der Waals surface area contributed by atoms with Gasteiger partial charge in [0.25, 0.3) is 0 Å². The molecule has 5 rings (SSSR count). The van der Waals surface area contributed by atoms with E-state index in [1.165, 1.54) is 0 Å². The first-order valence-electron chi connectivity index (χ1n) is 11.2. The van der Waals surface area contributed by atoms with Crippen molar-refractivity contribution in [2.45, 2.75) is 42.3 Å². The van der Waals surface area contributed by atoms with Gasteiger partial charge in [-0.3, -0.25) is 4.98 Å². The lowest BCUT2D eigenvalue weighted by Gasteiger charge is -2.45. The highest BCUT2D eigenvalue weighted by molar-refractivity contribution is 7.89. The number of pyridine rings is 1. The van der Waals surface area contributed by atoms with Crippen LogP contribution in [0.4, 0.5) is 0 Å². The number of sulfone groups is 1. The number of fused-ring (bicyclic) bond motifs is 1. The minimum Gasteiger partial charge on any atom is -0.487 e. The number of piperidine rings is 1. The number of ether oxygens (including phenoxy) is 1. The van der Waals surface area contributed by atoms with Crippen LogP contribution in [0.1, 0.15) is 47.6 Å². The van der Waals surface area contributed by atoms with Crippen LogP contribution in [-0.4, -0.2) is 32.1 Å². The number of nitrogens with one attached hydrogen (secondary N) is 1. The Labute approximate surface area is 189 Å². The summed E-state index contributed by atoms with van der Waals surface area (Å²) in [6.07, 6.45) is 4.41. The SMILES string of the molecule is O=S(=O)(Cc1ccccn1)Cc1ccccc1C1CC2(CCNCC2)Oc2ccccc21. The molecule has 1 unspecified atom stereocenters. The van der Waals surface area contributed by atoms with E-state index in [1.807, 2.05) is 42.5 Å². The predicted molar refractivity (Wildman–Crippen MR) is 125 cm³/mol. The highest BCUT2D eigenvalue weighted by Crippen LogP contribution is 2.48. The van der Waals surface area contributed by atoms with Crippen LogP contribution < -0.4 is 10.1 Å². The first kappa shape index (κ1) is 21.2. The summed E-state index contributed by atoms with van der Waals surface area (Å²) in [7, 11) is -3.36. The smallest absolute Gasteiger partial charge is 0.160 e. The summed E-state index contributed by atoms with van der Waals surface area (Å²) in [4.78, 5) is 4.20. The van der Waals surface area contributed by atoms with Crippen molar-refractivity contribution < 1.29 is 13.2 Å². The second-order valence-corrected chi connectivity index (χ2v) is 10.9. The van der Waals surface area contributed by atoms with Gasteiger partial charge in [-0.05, 0) is 61.7 Å². The molecule has 0 bridgehead atoms. The Balaban J connectivity index is 1.50. The predicted octanol–water partition coefficient (Wildman–Crippen LogP) is 4.23. The second-order valence-electron chi connectivity index (χ2n) is 8.88. The van der Waals surface area contributed by atoms with Crippen molar-refractivity contribution in [1.29, 1.82) is 0 Å². The van der Waals surface area contributed by atoms with Gasteiger partial charge in [0.1, 0.15) is 11.4 Å². The Morgan fingerprint density at radius 3 is 2.41 bits per heavy atom. The van der Waals surface area contributed by atoms with Crippen molar-refractivity contribution in [1.82, 2.24) is 10.3 Å². The summed E-state index contributed by atoms with van der Waals surface area (Å²) < 4.78 is 32.7. The lowest BCUT2D eigenvalue weighted by molar-refractivity contribution is 0.0113. The minimum atomic E-state index is -3.36. The third kappa shape index (κ3) is 4.43. The normalized spacial score (nSPS) is 19.8. The van der Waals surface area contributed by atoms with Gasteiger partial charge in [-0.15, -0.1) is 0 Å². The Morgan fingerprint density at radius 2 is 1.62 bits per heavy atom. The maximum Gasteiger partial charge on any atom is 0.160 e. The third-order valence-electron chi connectivity index (χ3n) is 6.61. The molecule has 5 nitrogen and oxygen atoms in total. The zero-order valence-corrected chi connectivity index (χ0v) is 18.9. The van der Waals surface area contributed by atoms with Crippen LogP contribution in [0.5, 0.6) is 5.75 Å². The maximum absolute atomic E-state index is 13.1. The number of hydrogen-bond acceptors (Lipinski definition) is 5. The van der Waals surface area contributed by atoms with Gasteiger partial charge in [-0.25, -0.2) is 8.42 Å². The van der Waals surface area contributed by atoms with Crippen molar-refractivity contribution in [3.63, 3.8) is 0 Å². The number of rotatable bonds is 5. The topological polar surface area (TPSA) is 68.3 Å². The summed E-state index contributed by atoms with van der Waals surface area (Å²) >= 11 is 0. The highest BCUT2D eigenvalue weighted by Gasteiger charge is 2.42. The van der Waals surface area contributed by atoms with Gasteiger partial charge in [0.15, 0.2) is 9.84 Å². The van der Waals surface area contributed by atoms with E-state index < -0.39 is 9.84 Å². The molecule has 3 aromatic rings. The molecule has 166 valence electrons. The molecular formula is C26H28N2O3S. The number of para-hydroxylation sites is 1. The van der Waals surface area contributed by atoms with Crippen molar-refractivity contribution in [3.8, 4) is 5.75 Å². The van der Waals surface area contributed by atoms with E-state index in [1.54, 1.807) is 18.3 Å². The van der Waals surface area contributed by atoms with Crippen LogP contribution in [0.25, 0.3) is 0 Å². The standard InChI is InChI=1S/C26H28N2O3S/c29-32(30,19-21-8-5-6-14-28-21)18-20-7-1-2-9-22(20)24-17-26(12-15-27-16-13-26)31-25-11-4-3-10-23(24)25/h1-11,14,24,27H,12-13,15-19H2. The third-order valence-corrected chi connectivity index (χ3v) is 8.10. The van der Waals surface area contributed by atoms with Crippen LogP contribution >= 0.6 is 0 Å². The number of aromatic nitrogens is 1. The van der Waals surface area contributed by atoms with E-state index in [-0.39, 0.29) is 23.0 Å². The van der Waals surface area contributed by atoms with Crippen molar-refractivity contribution in [2.75, 3.05) is 13.1 Å². The molecule has 1 fully saturated rings. The quantitative estimate of drug-likeness (QED) is 0.633. The number of benzene rings is 2. The number of nitrogens with zero attached hydrogens (tertiary/aromatic N) is 1. The van der Waals surface area contributed by atoms with Crippen molar-refractivity contribution in [2.24, 2.45) is 0 Å². The van der Waals surface area contributed by atoms with Gasteiger partial charge >= 0.3 is 0 Å². The number of hydrogen-bond donors (Lipinski definition) is 1. The van der Waals surface area contributed by atoms with Crippen LogP contribution in [0, 0.1) is 0 Å². The average Bonchev–Trinajstić information content (AvgIpc) is 2.79. The molecule has 1 aromatic heterocycles. The summed E-state index contributed by atoms with van der Waals surface area (Å²) in [5.74, 6) is 0.992. The minimum absolute atomic E-state index is 0.00777. The average molecular weight is 449 g/mol. The molecule has 1 spiro atoms. The van der Waals surface area contributed by atoms with Gasteiger partial charge in [-0.1, -0.05) is 48.5 Å². The fourth-order valence-electron chi connectivity index (χ4n) is 5.09. The van der Waals surface area contributed by atoms with Crippen LogP contribution in [0.15, 0.2) is 72.9 Å². The molecule has 0 saturated carbocycles. The van der Waals surface area contributed by atoms with Crippen molar-refractivity contribution >= 4 is 9.84 Å². The second kappa shape index (κ2) is 8.68. The Kier molecular flexibility index (Phi) is 5.74. The summed E-state index contributed by atoms with van der Waals surface area (Å²) in [6.45, 7) is 1.88. The molecule has 32 heavy (non-hydrogen) atoms. The van der Waals surface area contributed by atoms with Crippen LogP contribution in [0.2, 0.25) is 0 Å². The first-order chi connectivity index (χ1) is 15.5. The van der Waals surface area contributed by atoms with E-state index in [0.717, 1.165) is 54.8 Å². The van der Waals surface area contributed by atoms with E-state index in [4.69, 9.17) is 4.74 Å². The lowest BCUT2D eigenvalue weighted by Crippen LogP contribution is -2.49. The van der Waals surface area contributed by atoms with Crippen LogP contribution in [-0.2, 0) is 21.3 Å². The van der Waals surface area contributed by atoms with Crippen molar-refractivity contribution in [3.05, 3.63) is 95.3 Å². The highest BCUT2D eigenvalue weighted by atomic mass is 32.2. The molecule has 0 aliphatic carbocycles. The zero-order chi connectivity index (χ0) is 22.0. The molecule has 3 heterocycles. The Bertz CT molecular complexity index is 1190. The summed E-state index contributed by atoms with van der Waals surface area (Å²) in [5.41, 5.74) is 3.48. The van der Waals surface area contributed by atoms with Gasteiger partial charge in [0.05, 0.1) is 17.2 Å². The lowest BCUT2D eigenvalue weighted by atomic mass is 9.74. The van der Waals surface area contributed by atoms with Gasteiger partial charge in [0.2, 0.25) is 0 Å². The first-order valence-corrected chi connectivity index (χ1v) is 13.0. The van der Waals surface area contributed by atoms with Gasteiger partial charge in [-0.2, -0.15) is 0 Å². The van der Waals surface area contributed by atoms with E-state index >= 15 is 0 Å². The van der Waals surface area contributed by atoms with Crippen LogP contribution in [0.3, 0.4) is 0 Å². The molecule has 1 saturated heterocycles. The largest absolute Gasteiger partial charge is 0.487 e. The molecule has 0 radical (unpaired) electrons. The monoisotopic (exact) mass is 448 g/mol. The Morgan fingerprint density at radius 1 is 0.906 bits per heavy atom. The molecule has 6 heteroatoms. The fourth-order valence-corrected chi connectivity index (χ4v) is 6.55. The molecule has 0 amide bonds. The fraction of sp³-hybridized carbons (Fsp3) is 0.346. The van der Waals surface area contributed by atoms with E-state index in [9.17, 15) is 8.42 Å². The van der Waals surface area contributed by atoms with Gasteiger partial charge in [0, 0.05) is 17.7 Å². The molecule has 1 N–H and O–H groups in total. The molecule has 2 aliphatic heterocycles.